The summed E-state index contributed by atoms with van der Waals surface area (Å²) in [6.07, 6.45) is 2.77. The average Bonchev–Trinajstić information content (AvgIpc) is 3.22. The van der Waals surface area contributed by atoms with Crippen LogP contribution in [0.15, 0.2) is 149 Å². The van der Waals surface area contributed by atoms with Crippen molar-refractivity contribution in [2.45, 2.75) is 35.5 Å². The second-order valence-electron chi connectivity index (χ2n) is 14.4. The number of hydrogen-bond donors (Lipinski definition) is 6. The Balaban J connectivity index is 1.11. The number of allylic oxidation sites excluding steroid dienone is 2. The lowest BCUT2D eigenvalue weighted by atomic mass is 9.92. The van der Waals surface area contributed by atoms with E-state index in [-0.39, 0.29) is 27.8 Å². The molecule has 6 aromatic carbocycles. The Labute approximate surface area is 367 Å². The first-order valence-corrected chi connectivity index (χ1v) is 23.0. The number of ether oxygens (including phenoxy) is 1. The van der Waals surface area contributed by atoms with E-state index in [1.54, 1.807) is 101 Å². The summed E-state index contributed by atoms with van der Waals surface area (Å²) in [5.74, 6) is 0.170. The minimum Gasteiger partial charge on any atom is -0.505 e. The molecule has 18 nitrogen and oxygen atoms in total. The number of benzene rings is 6. The molecule has 1 aliphatic rings. The number of rotatable bonds is 12. The molecule has 0 saturated carbocycles. The molecule has 7 rings (SSSR count). The van der Waals surface area contributed by atoms with E-state index >= 15 is 0 Å². The largest absolute Gasteiger partial charge is 0.505 e. The van der Waals surface area contributed by atoms with Crippen LogP contribution in [0.2, 0.25) is 0 Å². The van der Waals surface area contributed by atoms with Gasteiger partial charge >= 0.3 is 0 Å². The summed E-state index contributed by atoms with van der Waals surface area (Å²) in [6.45, 7) is 9.13. The Morgan fingerprint density at radius 1 is 0.641 bits per heavy atom. The molecule has 0 saturated heterocycles. The van der Waals surface area contributed by atoms with Gasteiger partial charge in [-0.2, -0.15) is 45.7 Å². The van der Waals surface area contributed by atoms with Crippen molar-refractivity contribution in [3.8, 4) is 11.5 Å². The van der Waals surface area contributed by atoms with Gasteiger partial charge in [-0.1, -0.05) is 18.7 Å². The van der Waals surface area contributed by atoms with Crippen LogP contribution in [0.3, 0.4) is 0 Å². The van der Waals surface area contributed by atoms with Crippen LogP contribution in [0, 0.1) is 20.8 Å². The molecular formula is C43H37N7O11S3. The Morgan fingerprint density at radius 3 is 1.89 bits per heavy atom. The van der Waals surface area contributed by atoms with Crippen molar-refractivity contribution in [3.05, 3.63) is 137 Å². The highest BCUT2D eigenvalue weighted by atomic mass is 32.2. The van der Waals surface area contributed by atoms with E-state index in [2.05, 4.69) is 42.9 Å². The van der Waals surface area contributed by atoms with E-state index in [1.165, 1.54) is 18.2 Å². The van der Waals surface area contributed by atoms with E-state index in [0.29, 0.717) is 62.3 Å². The number of nitrogens with zero attached hydrogens (tertiary/aromatic N) is 5. The first-order valence-electron chi connectivity index (χ1n) is 18.7. The summed E-state index contributed by atoms with van der Waals surface area (Å²) in [7, 11) is -13.1. The number of phenolic OH excluding ortho intramolecular Hbond substituents is 1. The molecule has 0 amide bonds. The van der Waals surface area contributed by atoms with Gasteiger partial charge in [-0.05, 0) is 139 Å². The lowest BCUT2D eigenvalue weighted by Crippen LogP contribution is -2.16. The molecule has 0 spiro atoms. The predicted octanol–water partition coefficient (Wildman–Crippen LogP) is 10.2. The molecule has 0 bridgehead atoms. The van der Waals surface area contributed by atoms with Crippen LogP contribution < -0.4 is 15.5 Å². The van der Waals surface area contributed by atoms with Crippen LogP contribution in [-0.4, -0.2) is 56.8 Å². The monoisotopic (exact) mass is 923 g/mol. The standard InChI is InChI=1S/C43H37N7O11S3/c1-23-6-13-34-35(21-32(62(52,53)54)22-39(34)63(55,56)57)41(23)49-46-36-15-10-30(16-24(36)2)45-47-37-17-26(4)38(18-25(37)3)48-50-42-40(64(58,59)60)20-27-19-29(9-14-33(27)43(42)51)44-28-7-11-31(61-5)12-8-28/h6-22,44,46,51H,1H2,2-5H3,(H,52,53,54)(H,55,56,57)(H,58,59,60)/b47-45?,49-41+,50-48?. The predicted molar refractivity (Wildman–Crippen MR) is 242 cm³/mol. The Bertz CT molecular complexity index is 3410. The third-order valence-corrected chi connectivity index (χ3v) is 12.5. The molecule has 21 heteroatoms. The topological polar surface area (TPSA) is 278 Å². The van der Waals surface area contributed by atoms with E-state index in [4.69, 9.17) is 4.74 Å². The van der Waals surface area contributed by atoms with Crippen molar-refractivity contribution in [2.24, 2.45) is 25.6 Å². The Morgan fingerprint density at radius 2 is 1.28 bits per heavy atom. The summed E-state index contributed by atoms with van der Waals surface area (Å²) < 4.78 is 108. The van der Waals surface area contributed by atoms with Crippen molar-refractivity contribution < 1.29 is 48.8 Å². The summed E-state index contributed by atoms with van der Waals surface area (Å²) in [5.41, 5.74) is 7.58. The summed E-state index contributed by atoms with van der Waals surface area (Å²) in [5, 5.41) is 36.5. The molecule has 6 N–H and O–H groups in total. The number of aryl methyl sites for hydroxylation is 3. The second-order valence-corrected chi connectivity index (χ2v) is 18.6. The number of azo groups is 2. The number of hydrazone groups is 1. The summed E-state index contributed by atoms with van der Waals surface area (Å²) in [4.78, 5) is -2.15. The van der Waals surface area contributed by atoms with Crippen molar-refractivity contribution in [2.75, 3.05) is 17.9 Å². The number of aromatic hydroxyl groups is 1. The number of methoxy groups -OCH3 is 1. The van der Waals surface area contributed by atoms with Crippen molar-refractivity contribution in [3.63, 3.8) is 0 Å². The van der Waals surface area contributed by atoms with Gasteiger partial charge in [-0.15, -0.1) is 5.11 Å². The maximum absolute atomic E-state index is 12.5. The number of phenols is 1. The van der Waals surface area contributed by atoms with Gasteiger partial charge in [0.1, 0.15) is 21.2 Å². The first kappa shape index (κ1) is 44.9. The minimum absolute atomic E-state index is 0.0208. The van der Waals surface area contributed by atoms with Crippen LogP contribution in [0.25, 0.3) is 16.8 Å². The van der Waals surface area contributed by atoms with Gasteiger partial charge in [0, 0.05) is 27.9 Å². The SMILES string of the molecule is C=C1C=Cc2c(cc(S(=O)(=O)O)cc2S(=O)(=O)O)/C1=N/Nc1ccc(N=Nc2cc(C)c(N=Nc3c(S(=O)(=O)O)cc4cc(Nc5ccc(OC)cc5)ccc4c3O)cc2C)cc1C. The molecule has 0 fully saturated rings. The van der Waals surface area contributed by atoms with Crippen molar-refractivity contribution >= 4 is 92.7 Å². The Hall–Kier alpha value is -7.14. The maximum atomic E-state index is 12.5. The quantitative estimate of drug-likeness (QED) is 0.0379. The molecule has 0 aromatic heterocycles. The van der Waals surface area contributed by atoms with Gasteiger partial charge < -0.3 is 15.2 Å². The zero-order valence-electron chi connectivity index (χ0n) is 34.1. The van der Waals surface area contributed by atoms with E-state index < -0.39 is 56.5 Å². The molecule has 0 atom stereocenters. The van der Waals surface area contributed by atoms with Gasteiger partial charge in [0.2, 0.25) is 0 Å². The zero-order valence-corrected chi connectivity index (χ0v) is 36.6. The molecule has 1 aliphatic carbocycles. The fourth-order valence-electron chi connectivity index (χ4n) is 6.63. The second kappa shape index (κ2) is 17.2. The van der Waals surface area contributed by atoms with Crippen molar-refractivity contribution in [1.82, 2.24) is 0 Å². The fraction of sp³-hybridized carbons (Fsp3) is 0.0930. The Kier molecular flexibility index (Phi) is 12.1. The fourth-order valence-corrected chi connectivity index (χ4v) is 8.63. The number of nitrogens with one attached hydrogen (secondary N) is 2. The molecule has 328 valence electrons. The van der Waals surface area contributed by atoms with Gasteiger partial charge in [0.15, 0.2) is 5.75 Å². The van der Waals surface area contributed by atoms with Crippen LogP contribution in [0.4, 0.5) is 39.8 Å². The third-order valence-electron chi connectivity index (χ3n) is 9.95. The van der Waals surface area contributed by atoms with Gasteiger partial charge in [0.05, 0.1) is 40.5 Å². The van der Waals surface area contributed by atoms with Gasteiger partial charge in [0.25, 0.3) is 30.4 Å². The maximum Gasteiger partial charge on any atom is 0.296 e. The molecule has 64 heavy (non-hydrogen) atoms. The van der Waals surface area contributed by atoms with E-state index in [1.807, 2.05) is 0 Å². The smallest absolute Gasteiger partial charge is 0.296 e. The van der Waals surface area contributed by atoms with E-state index in [9.17, 15) is 44.0 Å². The normalized spacial score (nSPS) is 13.9. The minimum atomic E-state index is -4.91. The average molecular weight is 924 g/mol. The summed E-state index contributed by atoms with van der Waals surface area (Å²) in [6, 6.07) is 23.3. The number of fused-ring (bicyclic) bond motifs is 2. The highest BCUT2D eigenvalue weighted by molar-refractivity contribution is 7.86. The van der Waals surface area contributed by atoms with E-state index in [0.717, 1.165) is 11.8 Å². The summed E-state index contributed by atoms with van der Waals surface area (Å²) >= 11 is 0. The third kappa shape index (κ3) is 9.58. The molecule has 0 radical (unpaired) electrons. The van der Waals surface area contributed by atoms with Gasteiger partial charge in [-0.3, -0.25) is 19.1 Å². The highest BCUT2D eigenvalue weighted by Gasteiger charge is 2.28. The molecule has 6 aromatic rings. The van der Waals surface area contributed by atoms with Crippen LogP contribution in [0.5, 0.6) is 11.5 Å². The van der Waals surface area contributed by atoms with Gasteiger partial charge in [-0.25, -0.2) is 0 Å². The van der Waals surface area contributed by atoms with Crippen LogP contribution in [0.1, 0.15) is 27.8 Å². The molecule has 0 unspecified atom stereocenters. The highest BCUT2D eigenvalue weighted by Crippen LogP contribution is 2.43. The van der Waals surface area contributed by atoms with Crippen LogP contribution in [-0.2, 0) is 30.4 Å². The lowest BCUT2D eigenvalue weighted by molar-refractivity contribution is 0.415. The lowest BCUT2D eigenvalue weighted by Gasteiger charge is -2.19. The molecule has 0 aliphatic heterocycles. The van der Waals surface area contributed by atoms with Crippen LogP contribution >= 0.6 is 0 Å². The molecular weight excluding hydrogens is 887 g/mol. The number of hydrogen-bond acceptors (Lipinski definition) is 15. The van der Waals surface area contributed by atoms with Crippen molar-refractivity contribution in [1.29, 1.82) is 0 Å². The number of anilines is 3. The molecule has 0 heterocycles. The first-order chi connectivity index (χ1) is 30.1. The zero-order chi connectivity index (χ0) is 46.3.